The van der Waals surface area contributed by atoms with E-state index in [0.717, 1.165) is 4.90 Å². The average Bonchev–Trinajstić information content (AvgIpc) is 3.22. The largest absolute Gasteiger partial charge is 0.471 e. The number of piperidine rings is 1. The van der Waals surface area contributed by atoms with Crippen LogP contribution in [0.2, 0.25) is 0 Å². The number of alkyl halides is 3. The predicted octanol–water partition coefficient (Wildman–Crippen LogP) is 1.91. The Morgan fingerprint density at radius 3 is 2.27 bits per heavy atom. The molecule has 2 aromatic rings. The highest BCUT2D eigenvalue weighted by Crippen LogP contribution is 2.65. The Bertz CT molecular complexity index is 1560. The number of aryl methyl sites for hydroxylation is 1. The van der Waals surface area contributed by atoms with Gasteiger partial charge in [-0.05, 0) is 56.6 Å². The van der Waals surface area contributed by atoms with E-state index in [4.69, 9.17) is 10.5 Å². The van der Waals surface area contributed by atoms with Crippen LogP contribution < -0.4 is 21.9 Å². The van der Waals surface area contributed by atoms with E-state index in [1.54, 1.807) is 57.4 Å². The van der Waals surface area contributed by atoms with Gasteiger partial charge in [0, 0.05) is 25.0 Å². The van der Waals surface area contributed by atoms with Crippen LogP contribution >= 0.6 is 0 Å². The molecule has 2 aliphatic rings. The van der Waals surface area contributed by atoms with Gasteiger partial charge in [0.25, 0.3) is 5.56 Å². The van der Waals surface area contributed by atoms with Crippen LogP contribution in [-0.4, -0.2) is 69.6 Å². The van der Waals surface area contributed by atoms with Crippen LogP contribution in [0.4, 0.5) is 13.2 Å². The van der Waals surface area contributed by atoms with Gasteiger partial charge < -0.3 is 30.6 Å². The monoisotopic (exact) mass is 621 g/mol. The first-order chi connectivity index (χ1) is 20.2. The summed E-state index contributed by atoms with van der Waals surface area (Å²) in [6.07, 6.45) is -6.47. The Morgan fingerprint density at radius 2 is 1.70 bits per heavy atom. The van der Waals surface area contributed by atoms with Crippen LogP contribution in [0.3, 0.4) is 0 Å². The Morgan fingerprint density at radius 1 is 1.09 bits per heavy atom. The second-order valence-electron chi connectivity index (χ2n) is 13.1. The lowest BCUT2D eigenvalue weighted by Crippen LogP contribution is -2.61. The number of nitrogens with two attached hydrogens (primary N) is 1. The third kappa shape index (κ3) is 6.17. The summed E-state index contributed by atoms with van der Waals surface area (Å²) in [5, 5.41) is 4.86. The molecule has 2 fully saturated rings. The molecule has 0 spiro atoms. The molecular weight excluding hydrogens is 583 g/mol. The van der Waals surface area contributed by atoms with Gasteiger partial charge in [-0.1, -0.05) is 32.0 Å². The Balaban J connectivity index is 1.70. The number of carbonyl (C=O) groups is 4. The Labute approximate surface area is 252 Å². The molecule has 1 aliphatic heterocycles. The van der Waals surface area contributed by atoms with Gasteiger partial charge >= 0.3 is 12.1 Å². The van der Waals surface area contributed by atoms with Gasteiger partial charge in [0.2, 0.25) is 17.7 Å². The smallest absolute Gasteiger partial charge is 0.370 e. The number of nitrogens with zero attached hydrogens (tertiary/aromatic N) is 2. The molecule has 240 valence electrons. The van der Waals surface area contributed by atoms with Crippen molar-refractivity contribution in [2.24, 2.45) is 30.0 Å². The first-order valence-electron chi connectivity index (χ1n) is 14.2. The number of amides is 4. The van der Waals surface area contributed by atoms with Crippen molar-refractivity contribution < 1.29 is 37.1 Å². The number of nitrogens with one attached hydrogen (secondary N) is 2. The van der Waals surface area contributed by atoms with E-state index in [1.165, 1.54) is 17.6 Å². The second-order valence-corrected chi connectivity index (χ2v) is 13.1. The van der Waals surface area contributed by atoms with Crippen molar-refractivity contribution in [3.05, 3.63) is 46.2 Å². The number of fused-ring (bicyclic) bond motifs is 2. The molecule has 11 nitrogen and oxygen atoms in total. The average molecular weight is 622 g/mol. The first-order valence-corrected chi connectivity index (χ1v) is 14.2. The highest BCUT2D eigenvalue weighted by Gasteiger charge is 2.70. The molecule has 1 saturated heterocycles. The van der Waals surface area contributed by atoms with Gasteiger partial charge in [0.05, 0.1) is 17.2 Å². The number of pyridine rings is 1. The van der Waals surface area contributed by atoms with Crippen molar-refractivity contribution in [2.45, 2.75) is 77.5 Å². The van der Waals surface area contributed by atoms with Gasteiger partial charge in [0.1, 0.15) is 18.1 Å². The third-order valence-electron chi connectivity index (χ3n) is 8.65. The van der Waals surface area contributed by atoms with Gasteiger partial charge in [-0.25, -0.2) is 0 Å². The fourth-order valence-corrected chi connectivity index (χ4v) is 6.43. The highest BCUT2D eigenvalue weighted by atomic mass is 19.4. The highest BCUT2D eigenvalue weighted by molar-refractivity contribution is 5.98. The molecule has 1 aromatic carbocycles. The minimum atomic E-state index is -5.27. The Kier molecular flexibility index (Phi) is 8.39. The molecule has 44 heavy (non-hydrogen) atoms. The fraction of sp³-hybridized carbons (Fsp3) is 0.567. The van der Waals surface area contributed by atoms with E-state index in [2.05, 4.69) is 5.32 Å². The number of hydrogen-bond acceptors (Lipinski definition) is 6. The predicted molar refractivity (Wildman–Crippen MR) is 154 cm³/mol. The molecule has 3 unspecified atom stereocenters. The van der Waals surface area contributed by atoms with Crippen molar-refractivity contribution in [3.8, 4) is 0 Å². The van der Waals surface area contributed by atoms with Crippen molar-refractivity contribution in [1.29, 1.82) is 0 Å². The van der Waals surface area contributed by atoms with Crippen LogP contribution in [0.5, 0.6) is 0 Å². The number of aromatic nitrogens is 1. The van der Waals surface area contributed by atoms with Crippen molar-refractivity contribution in [3.63, 3.8) is 0 Å². The van der Waals surface area contributed by atoms with Gasteiger partial charge in [0.15, 0.2) is 0 Å². The Hall–Kier alpha value is -3.94. The summed E-state index contributed by atoms with van der Waals surface area (Å²) in [4.78, 5) is 66.4. The van der Waals surface area contributed by atoms with Crippen LogP contribution in [0, 0.1) is 17.3 Å². The minimum absolute atomic E-state index is 0.0330. The number of hydrogen-bond donors (Lipinski definition) is 3. The number of primary amides is 1. The number of halogens is 3. The molecule has 4 amide bonds. The molecule has 0 bridgehead atoms. The van der Waals surface area contributed by atoms with E-state index < -0.39 is 76.5 Å². The standard InChI is InChI=1S/C30H38F3N5O6/c1-14(44-28(2,3)4)21(36-27(43)30(31,32)33)26(42)38-13-17-20(29(17,5)6)23(38)25(41)35-22(24(34)40)16-12-19(39)37(7)18-11-9-8-10-15(16)18/h8-12,14,17,20-23H,13H2,1-7H3,(H2,34,40)(H,35,41)(H,36,43)/t14?,17-,20-,21?,22?,23-/m0/s1. The summed E-state index contributed by atoms with van der Waals surface area (Å²) >= 11 is 0. The van der Waals surface area contributed by atoms with E-state index in [-0.39, 0.29) is 18.0 Å². The number of rotatable bonds is 8. The summed E-state index contributed by atoms with van der Waals surface area (Å²) in [5.74, 6) is -5.54. The van der Waals surface area contributed by atoms with Gasteiger partial charge in [-0.3, -0.25) is 24.0 Å². The fourth-order valence-electron chi connectivity index (χ4n) is 6.43. The molecule has 0 radical (unpaired) electrons. The maximum absolute atomic E-state index is 14.0. The number of carbonyl (C=O) groups excluding carboxylic acids is 4. The summed E-state index contributed by atoms with van der Waals surface area (Å²) in [5.41, 5.74) is 4.65. The zero-order chi connectivity index (χ0) is 33.1. The molecule has 2 heterocycles. The molecule has 1 aliphatic carbocycles. The lowest BCUT2D eigenvalue weighted by Gasteiger charge is -2.37. The minimum Gasteiger partial charge on any atom is -0.370 e. The zero-order valence-corrected chi connectivity index (χ0v) is 25.6. The van der Waals surface area contributed by atoms with Crippen LogP contribution in [0.1, 0.15) is 53.1 Å². The number of para-hydroxylation sites is 1. The molecule has 6 atom stereocenters. The second kappa shape index (κ2) is 11.2. The maximum Gasteiger partial charge on any atom is 0.471 e. The van der Waals surface area contributed by atoms with E-state index in [0.29, 0.717) is 10.9 Å². The third-order valence-corrected chi connectivity index (χ3v) is 8.65. The van der Waals surface area contributed by atoms with Crippen molar-refractivity contribution in [1.82, 2.24) is 20.1 Å². The van der Waals surface area contributed by atoms with Gasteiger partial charge in [-0.15, -0.1) is 0 Å². The molecule has 1 saturated carbocycles. The molecule has 14 heteroatoms. The SMILES string of the molecule is CC(OC(C)(C)C)C(NC(=O)C(F)(F)F)C(=O)N1C[C@H]2[C@@H]([C@H]1C(=O)NC(C(N)=O)c1cc(=O)n(C)c3ccccc13)C2(C)C. The number of likely N-dealkylation sites (tertiary alicyclic amines) is 1. The first kappa shape index (κ1) is 33.0. The summed E-state index contributed by atoms with van der Waals surface area (Å²) in [6, 6.07) is 3.52. The summed E-state index contributed by atoms with van der Waals surface area (Å²) in [6.45, 7) is 10.1. The molecule has 4 rings (SSSR count). The van der Waals surface area contributed by atoms with E-state index in [9.17, 15) is 37.1 Å². The van der Waals surface area contributed by atoms with E-state index in [1.807, 2.05) is 13.8 Å². The summed E-state index contributed by atoms with van der Waals surface area (Å²) in [7, 11) is 1.56. The topological polar surface area (TPSA) is 153 Å². The molecule has 4 N–H and O–H groups in total. The molecule has 1 aromatic heterocycles. The van der Waals surface area contributed by atoms with Crippen molar-refractivity contribution in [2.75, 3.05) is 6.54 Å². The quantitative estimate of drug-likeness (QED) is 0.410. The summed E-state index contributed by atoms with van der Waals surface area (Å²) < 4.78 is 46.9. The molecular formula is C30H38F3N5O6. The number of benzene rings is 1. The lowest BCUT2D eigenvalue weighted by molar-refractivity contribution is -0.177. The van der Waals surface area contributed by atoms with Crippen LogP contribution in [0.25, 0.3) is 10.9 Å². The lowest BCUT2D eigenvalue weighted by atomic mass is 9.97. The van der Waals surface area contributed by atoms with Gasteiger partial charge in [-0.2, -0.15) is 13.2 Å². The van der Waals surface area contributed by atoms with Crippen LogP contribution in [-0.2, 0) is 31.0 Å². The maximum atomic E-state index is 14.0. The van der Waals surface area contributed by atoms with Crippen LogP contribution in [0.15, 0.2) is 35.1 Å². The normalized spacial score (nSPS) is 23.0. The zero-order valence-electron chi connectivity index (χ0n) is 25.6. The number of ether oxygens (including phenoxy) is 1. The van der Waals surface area contributed by atoms with E-state index >= 15 is 0 Å². The van der Waals surface area contributed by atoms with Crippen molar-refractivity contribution >= 4 is 34.5 Å².